The van der Waals surface area contributed by atoms with E-state index in [2.05, 4.69) is 25.0 Å². The second kappa shape index (κ2) is 2.10. The fourth-order valence-corrected chi connectivity index (χ4v) is 0.933. The molecule has 0 aliphatic rings. The van der Waals surface area contributed by atoms with Crippen LogP contribution in [0.15, 0.2) is 11.7 Å². The van der Waals surface area contributed by atoms with Crippen LogP contribution in [0.4, 0.5) is 0 Å². The van der Waals surface area contributed by atoms with Gasteiger partial charge in [-0.3, -0.25) is 0 Å². The van der Waals surface area contributed by atoms with Crippen molar-refractivity contribution in [2.45, 2.75) is 0 Å². The summed E-state index contributed by atoms with van der Waals surface area (Å²) in [5.74, 6) is 0.600. The van der Waals surface area contributed by atoms with Crippen molar-refractivity contribution in [1.29, 1.82) is 0 Å². The molecule has 0 amide bonds. The summed E-state index contributed by atoms with van der Waals surface area (Å²) in [5.41, 5.74) is 0. The number of hydrogen-bond acceptors (Lipinski definition) is 6. The molecular weight excluding hydrogens is 152 g/mol. The van der Waals surface area contributed by atoms with Gasteiger partial charge in [0, 0.05) is 0 Å². The largest absolute Gasteiger partial charge is 0.210 e. The number of nitrogens with zero attached hydrogens (tertiary/aromatic N) is 6. The van der Waals surface area contributed by atoms with Crippen LogP contribution >= 0.6 is 11.5 Å². The van der Waals surface area contributed by atoms with Crippen molar-refractivity contribution >= 4 is 11.5 Å². The average molecular weight is 154 g/mol. The molecule has 0 N–H and O–H groups in total. The van der Waals surface area contributed by atoms with Crippen molar-refractivity contribution < 1.29 is 0 Å². The molecule has 0 saturated heterocycles. The number of rotatable bonds is 1. The van der Waals surface area contributed by atoms with Gasteiger partial charge >= 0.3 is 0 Å². The van der Waals surface area contributed by atoms with E-state index in [-0.39, 0.29) is 0 Å². The monoisotopic (exact) mass is 154 g/mol. The fourth-order valence-electron chi connectivity index (χ4n) is 0.519. The highest BCUT2D eigenvalue weighted by Gasteiger charge is 1.98. The molecule has 0 aliphatic carbocycles. The van der Waals surface area contributed by atoms with Crippen molar-refractivity contribution in [2.24, 2.45) is 0 Å². The van der Waals surface area contributed by atoms with Gasteiger partial charge in [-0.1, -0.05) is 4.49 Å². The molecule has 0 aromatic carbocycles. The predicted molar refractivity (Wildman–Crippen MR) is 32.6 cm³/mol. The van der Waals surface area contributed by atoms with E-state index in [1.165, 1.54) is 22.7 Å². The van der Waals surface area contributed by atoms with Crippen LogP contribution in [0.1, 0.15) is 0 Å². The van der Waals surface area contributed by atoms with Crippen LogP contribution in [-0.2, 0) is 0 Å². The minimum atomic E-state index is 0.600. The minimum Gasteiger partial charge on any atom is -0.133 e. The molecule has 0 bridgehead atoms. The molecule has 0 unspecified atom stereocenters. The van der Waals surface area contributed by atoms with Gasteiger partial charge in [0.25, 0.3) is 0 Å². The first-order valence-corrected chi connectivity index (χ1v) is 3.31. The molecule has 50 valence electrons. The van der Waals surface area contributed by atoms with E-state index >= 15 is 0 Å². The summed E-state index contributed by atoms with van der Waals surface area (Å²) >= 11 is 1.25. The molecule has 0 atom stereocenters. The molecule has 7 heteroatoms. The molecule has 10 heavy (non-hydrogen) atoms. The Labute approximate surface area is 59.7 Å². The summed E-state index contributed by atoms with van der Waals surface area (Å²) in [7, 11) is 0. The zero-order chi connectivity index (χ0) is 6.81. The van der Waals surface area contributed by atoms with Gasteiger partial charge in [-0.25, -0.2) is 0 Å². The van der Waals surface area contributed by atoms with Crippen molar-refractivity contribution in [2.75, 3.05) is 0 Å². The third-order valence-electron chi connectivity index (χ3n) is 0.902. The van der Waals surface area contributed by atoms with E-state index in [4.69, 9.17) is 0 Å². The zero-order valence-corrected chi connectivity index (χ0v) is 5.56. The Balaban J connectivity index is 2.48. The first kappa shape index (κ1) is 5.42. The van der Waals surface area contributed by atoms with Crippen molar-refractivity contribution in [3.63, 3.8) is 0 Å². The lowest BCUT2D eigenvalue weighted by Crippen LogP contribution is -1.98. The van der Waals surface area contributed by atoms with E-state index in [1.54, 1.807) is 5.38 Å². The van der Waals surface area contributed by atoms with Gasteiger partial charge in [-0.15, -0.1) is 20.1 Å². The first-order chi connectivity index (χ1) is 4.97. The van der Waals surface area contributed by atoms with Crippen LogP contribution < -0.4 is 0 Å². The van der Waals surface area contributed by atoms with E-state index in [0.717, 1.165) is 0 Å². The minimum absolute atomic E-state index is 0.600. The first-order valence-electron chi connectivity index (χ1n) is 2.47. The molecule has 2 rings (SSSR count). The molecule has 0 saturated carbocycles. The Bertz CT molecular complexity index is 252. The van der Waals surface area contributed by atoms with Crippen LogP contribution in [0.25, 0.3) is 5.82 Å². The summed E-state index contributed by atoms with van der Waals surface area (Å²) < 4.78 is 3.64. The number of hydrogen-bond donors (Lipinski definition) is 0. The molecule has 6 nitrogen and oxygen atoms in total. The second-order valence-corrected chi connectivity index (χ2v) is 2.10. The Hall–Kier alpha value is -1.37. The van der Waals surface area contributed by atoms with Gasteiger partial charge in [-0.2, -0.15) is 0 Å². The lowest BCUT2D eigenvalue weighted by Gasteiger charge is -1.84. The van der Waals surface area contributed by atoms with Crippen LogP contribution in [0.2, 0.25) is 0 Å². The Kier molecular flexibility index (Phi) is 1.14. The van der Waals surface area contributed by atoms with E-state index in [1.807, 2.05) is 0 Å². The van der Waals surface area contributed by atoms with Crippen molar-refractivity contribution in [3.8, 4) is 5.82 Å². The maximum absolute atomic E-state index is 3.76. The fraction of sp³-hybridized carbons (Fsp3) is 0. The highest BCUT2D eigenvalue weighted by atomic mass is 32.1. The Morgan fingerprint density at radius 1 is 1.50 bits per heavy atom. The maximum Gasteiger partial charge on any atom is 0.210 e. The average Bonchev–Trinajstić information content (AvgIpc) is 2.59. The number of aromatic nitrogens is 6. The van der Waals surface area contributed by atoms with E-state index in [9.17, 15) is 0 Å². The number of tetrazole rings is 1. The highest BCUT2D eigenvalue weighted by Crippen LogP contribution is 1.98. The summed E-state index contributed by atoms with van der Waals surface area (Å²) in [6.45, 7) is 0. The van der Waals surface area contributed by atoms with Crippen LogP contribution in [0.5, 0.6) is 0 Å². The maximum atomic E-state index is 3.76. The van der Waals surface area contributed by atoms with E-state index in [0.29, 0.717) is 5.82 Å². The predicted octanol–water partition coefficient (Wildman–Crippen LogP) is -0.486. The highest BCUT2D eigenvalue weighted by molar-refractivity contribution is 7.03. The van der Waals surface area contributed by atoms with Crippen LogP contribution in [0.3, 0.4) is 0 Å². The SMILES string of the molecule is c1nnn(-c2csnn2)n1. The Morgan fingerprint density at radius 3 is 3.10 bits per heavy atom. The van der Waals surface area contributed by atoms with Gasteiger partial charge < -0.3 is 0 Å². The summed E-state index contributed by atoms with van der Waals surface area (Å²) in [6, 6.07) is 0. The normalized spacial score (nSPS) is 10.0. The Morgan fingerprint density at radius 2 is 2.50 bits per heavy atom. The third-order valence-corrected chi connectivity index (χ3v) is 1.39. The topological polar surface area (TPSA) is 69.4 Å². The standard InChI is InChI=1S/C3H2N6S/c1-3(6-8-10-1)9-5-2-4-7-9/h1-2H. The van der Waals surface area contributed by atoms with Gasteiger partial charge in [0.2, 0.25) is 5.82 Å². The lowest BCUT2D eigenvalue weighted by atomic mass is 10.8. The van der Waals surface area contributed by atoms with Gasteiger partial charge in [0.1, 0.15) is 0 Å². The molecule has 0 aliphatic heterocycles. The van der Waals surface area contributed by atoms with Crippen LogP contribution in [-0.4, -0.2) is 29.8 Å². The van der Waals surface area contributed by atoms with Gasteiger partial charge in [0.15, 0.2) is 6.33 Å². The van der Waals surface area contributed by atoms with Gasteiger partial charge in [0.05, 0.1) is 5.38 Å². The van der Waals surface area contributed by atoms with Crippen molar-refractivity contribution in [3.05, 3.63) is 11.7 Å². The smallest absolute Gasteiger partial charge is 0.133 e. The van der Waals surface area contributed by atoms with Crippen molar-refractivity contribution in [1.82, 2.24) is 29.8 Å². The molecule has 0 spiro atoms. The molecule has 2 heterocycles. The second-order valence-electron chi connectivity index (χ2n) is 1.49. The molecule has 0 radical (unpaired) electrons. The molecule has 0 fully saturated rings. The van der Waals surface area contributed by atoms with E-state index < -0.39 is 0 Å². The lowest BCUT2D eigenvalue weighted by molar-refractivity contribution is 0.697. The van der Waals surface area contributed by atoms with Gasteiger partial charge in [-0.05, 0) is 16.7 Å². The zero-order valence-electron chi connectivity index (χ0n) is 4.75. The summed E-state index contributed by atoms with van der Waals surface area (Å²) in [4.78, 5) is 1.31. The quantitative estimate of drug-likeness (QED) is 0.554. The molecule has 2 aromatic rings. The van der Waals surface area contributed by atoms with Crippen LogP contribution in [0, 0.1) is 0 Å². The third kappa shape index (κ3) is 0.760. The summed E-state index contributed by atoms with van der Waals surface area (Å²) in [6.07, 6.45) is 1.35. The molecule has 2 aromatic heterocycles. The summed E-state index contributed by atoms with van der Waals surface area (Å²) in [5, 5.41) is 16.4. The molecular formula is C3H2N6S.